The van der Waals surface area contributed by atoms with Crippen molar-refractivity contribution in [1.82, 2.24) is 10.6 Å². The summed E-state index contributed by atoms with van der Waals surface area (Å²) < 4.78 is 38.2. The molecule has 1 aromatic carbocycles. The van der Waals surface area contributed by atoms with Gasteiger partial charge in [0.15, 0.2) is 0 Å². The largest absolute Gasteiger partial charge is 0.416 e. The Hall–Kier alpha value is -0.830. The van der Waals surface area contributed by atoms with E-state index in [1.165, 1.54) is 6.07 Å². The first-order valence-electron chi connectivity index (χ1n) is 5.65. The maximum Gasteiger partial charge on any atom is 0.416 e. The van der Waals surface area contributed by atoms with Crippen LogP contribution in [0.3, 0.4) is 0 Å². The number of halogens is 4. The first kappa shape index (κ1) is 16.2. The zero-order valence-corrected chi connectivity index (χ0v) is 12.4. The summed E-state index contributed by atoms with van der Waals surface area (Å²) in [6, 6.07) is 3.32. The molecular weight excluding hydrogens is 372 g/mol. The minimum atomic E-state index is -4.44. The van der Waals surface area contributed by atoms with Gasteiger partial charge in [-0.15, -0.1) is 0 Å². The average Bonchev–Trinajstić information content (AvgIpc) is 2.32. The highest BCUT2D eigenvalue weighted by Gasteiger charge is 2.31. The van der Waals surface area contributed by atoms with Gasteiger partial charge in [-0.25, -0.2) is 0 Å². The summed E-state index contributed by atoms with van der Waals surface area (Å²) in [5.74, 6) is -0.486. The first-order chi connectivity index (χ1) is 8.84. The summed E-state index contributed by atoms with van der Waals surface area (Å²) in [5.41, 5.74) is -0.775. The minimum Gasteiger partial charge on any atom is -0.352 e. The van der Waals surface area contributed by atoms with E-state index in [-0.39, 0.29) is 5.56 Å². The van der Waals surface area contributed by atoms with E-state index in [4.69, 9.17) is 0 Å². The normalized spacial score (nSPS) is 11.4. The van der Waals surface area contributed by atoms with Crippen LogP contribution in [0, 0.1) is 3.57 Å². The summed E-state index contributed by atoms with van der Waals surface area (Å²) >= 11 is 1.77. The van der Waals surface area contributed by atoms with Gasteiger partial charge < -0.3 is 10.6 Å². The highest BCUT2D eigenvalue weighted by atomic mass is 127. The smallest absolute Gasteiger partial charge is 0.352 e. The van der Waals surface area contributed by atoms with Crippen LogP contribution >= 0.6 is 22.6 Å². The van der Waals surface area contributed by atoms with Crippen molar-refractivity contribution in [3.63, 3.8) is 0 Å². The van der Waals surface area contributed by atoms with Crippen molar-refractivity contribution >= 4 is 28.5 Å². The quantitative estimate of drug-likeness (QED) is 0.604. The van der Waals surface area contributed by atoms with E-state index in [0.717, 1.165) is 25.1 Å². The van der Waals surface area contributed by atoms with Gasteiger partial charge in [-0.3, -0.25) is 4.79 Å². The molecule has 0 fully saturated rings. The molecule has 0 unspecified atom stereocenters. The molecule has 0 spiro atoms. The number of hydrogen-bond donors (Lipinski definition) is 2. The average molecular weight is 386 g/mol. The van der Waals surface area contributed by atoms with E-state index < -0.39 is 17.6 Å². The highest BCUT2D eigenvalue weighted by Crippen LogP contribution is 2.31. The first-order valence-corrected chi connectivity index (χ1v) is 6.73. The van der Waals surface area contributed by atoms with Crippen LogP contribution in [0.5, 0.6) is 0 Å². The molecule has 3 nitrogen and oxygen atoms in total. The molecule has 0 aliphatic carbocycles. The van der Waals surface area contributed by atoms with Crippen LogP contribution < -0.4 is 10.6 Å². The van der Waals surface area contributed by atoms with Crippen LogP contribution in [-0.4, -0.2) is 26.0 Å². The molecule has 1 amide bonds. The number of amides is 1. The molecule has 106 valence electrons. The number of carbonyl (C=O) groups excluding carboxylic acids is 1. The Kier molecular flexibility index (Phi) is 6.05. The molecule has 0 saturated heterocycles. The minimum absolute atomic E-state index is 0.0312. The standard InChI is InChI=1S/C12H14F3IN2O/c1-17-3-2-4-18-11(19)8-5-9(12(13,14)15)7-10(16)6-8/h5-7,17H,2-4H2,1H3,(H,18,19). The molecule has 0 saturated carbocycles. The Morgan fingerprint density at radius 2 is 1.95 bits per heavy atom. The summed E-state index contributed by atoms with van der Waals surface area (Å²) in [5, 5.41) is 5.51. The van der Waals surface area contributed by atoms with Gasteiger partial charge in [0.25, 0.3) is 5.91 Å². The fourth-order valence-corrected chi connectivity index (χ4v) is 2.12. The number of hydrogen-bond acceptors (Lipinski definition) is 2. The lowest BCUT2D eigenvalue weighted by Gasteiger charge is -2.10. The Balaban J connectivity index is 2.77. The number of carbonyl (C=O) groups is 1. The molecule has 0 bridgehead atoms. The van der Waals surface area contributed by atoms with Gasteiger partial charge in [-0.2, -0.15) is 13.2 Å². The van der Waals surface area contributed by atoms with E-state index in [1.807, 2.05) is 0 Å². The van der Waals surface area contributed by atoms with Gasteiger partial charge in [0.1, 0.15) is 0 Å². The molecule has 0 aliphatic rings. The van der Waals surface area contributed by atoms with Crippen molar-refractivity contribution in [2.24, 2.45) is 0 Å². The topological polar surface area (TPSA) is 41.1 Å². The lowest BCUT2D eigenvalue weighted by atomic mass is 10.1. The number of rotatable bonds is 5. The van der Waals surface area contributed by atoms with Crippen molar-refractivity contribution in [1.29, 1.82) is 0 Å². The van der Waals surface area contributed by atoms with Crippen LogP contribution in [0.4, 0.5) is 13.2 Å². The number of nitrogens with one attached hydrogen (secondary N) is 2. The monoisotopic (exact) mass is 386 g/mol. The molecule has 2 N–H and O–H groups in total. The Bertz CT molecular complexity index is 449. The van der Waals surface area contributed by atoms with E-state index in [9.17, 15) is 18.0 Å². The lowest BCUT2D eigenvalue weighted by Crippen LogP contribution is -2.27. The van der Waals surface area contributed by atoms with Gasteiger partial charge in [0.2, 0.25) is 0 Å². The fourth-order valence-electron chi connectivity index (χ4n) is 1.45. The molecule has 0 radical (unpaired) electrons. The predicted molar refractivity (Wildman–Crippen MR) is 75.0 cm³/mol. The van der Waals surface area contributed by atoms with E-state index in [2.05, 4.69) is 10.6 Å². The lowest BCUT2D eigenvalue weighted by molar-refractivity contribution is -0.137. The molecule has 0 heterocycles. The summed E-state index contributed by atoms with van der Waals surface area (Å²) in [4.78, 5) is 11.7. The molecule has 1 aromatic rings. The highest BCUT2D eigenvalue weighted by molar-refractivity contribution is 14.1. The van der Waals surface area contributed by atoms with Gasteiger partial charge in [-0.1, -0.05) is 0 Å². The van der Waals surface area contributed by atoms with Gasteiger partial charge in [-0.05, 0) is 60.8 Å². The van der Waals surface area contributed by atoms with Crippen molar-refractivity contribution in [2.75, 3.05) is 20.1 Å². The third-order valence-electron chi connectivity index (χ3n) is 2.38. The SMILES string of the molecule is CNCCCNC(=O)c1cc(I)cc(C(F)(F)F)c1. The molecule has 7 heteroatoms. The van der Waals surface area contributed by atoms with E-state index in [0.29, 0.717) is 10.1 Å². The Morgan fingerprint density at radius 3 is 2.53 bits per heavy atom. The zero-order valence-electron chi connectivity index (χ0n) is 10.3. The summed E-state index contributed by atoms with van der Waals surface area (Å²) in [6.07, 6.45) is -3.72. The second-order valence-electron chi connectivity index (χ2n) is 3.94. The molecular formula is C12H14F3IN2O. The maximum absolute atomic E-state index is 12.6. The Labute approximate surface area is 123 Å². The van der Waals surface area contributed by atoms with E-state index >= 15 is 0 Å². The summed E-state index contributed by atoms with van der Waals surface area (Å²) in [7, 11) is 1.79. The van der Waals surface area contributed by atoms with Crippen molar-refractivity contribution in [3.05, 3.63) is 32.9 Å². The number of alkyl halides is 3. The van der Waals surface area contributed by atoms with E-state index in [1.54, 1.807) is 29.6 Å². The second kappa shape index (κ2) is 7.09. The fraction of sp³-hybridized carbons (Fsp3) is 0.417. The molecule has 1 rings (SSSR count). The molecule has 0 aromatic heterocycles. The van der Waals surface area contributed by atoms with Gasteiger partial charge in [0.05, 0.1) is 5.56 Å². The number of benzene rings is 1. The van der Waals surface area contributed by atoms with Crippen molar-refractivity contribution < 1.29 is 18.0 Å². The van der Waals surface area contributed by atoms with Crippen LogP contribution in [-0.2, 0) is 6.18 Å². The third-order valence-corrected chi connectivity index (χ3v) is 3.00. The van der Waals surface area contributed by atoms with Crippen molar-refractivity contribution in [2.45, 2.75) is 12.6 Å². The second-order valence-corrected chi connectivity index (χ2v) is 5.18. The third kappa shape index (κ3) is 5.35. The van der Waals surface area contributed by atoms with Crippen LogP contribution in [0.25, 0.3) is 0 Å². The predicted octanol–water partition coefficient (Wildman–Crippen LogP) is 2.65. The van der Waals surface area contributed by atoms with Crippen LogP contribution in [0.2, 0.25) is 0 Å². The molecule has 19 heavy (non-hydrogen) atoms. The molecule has 0 atom stereocenters. The van der Waals surface area contributed by atoms with Crippen LogP contribution in [0.15, 0.2) is 18.2 Å². The Morgan fingerprint density at radius 1 is 1.26 bits per heavy atom. The van der Waals surface area contributed by atoms with Gasteiger partial charge >= 0.3 is 6.18 Å². The summed E-state index contributed by atoms with van der Waals surface area (Å²) in [6.45, 7) is 1.16. The maximum atomic E-state index is 12.6. The van der Waals surface area contributed by atoms with Crippen molar-refractivity contribution in [3.8, 4) is 0 Å². The van der Waals surface area contributed by atoms with Gasteiger partial charge in [0, 0.05) is 15.7 Å². The van der Waals surface area contributed by atoms with Crippen LogP contribution in [0.1, 0.15) is 22.3 Å². The zero-order chi connectivity index (χ0) is 14.5. The molecule has 0 aliphatic heterocycles.